The van der Waals surface area contributed by atoms with Crippen LogP contribution in [0.5, 0.6) is 0 Å². The van der Waals surface area contributed by atoms with Gasteiger partial charge in [-0.2, -0.15) is 5.10 Å². The minimum atomic E-state index is -0.256. The zero-order valence-electron chi connectivity index (χ0n) is 13.0. The number of pyridine rings is 1. The molecule has 0 aliphatic rings. The van der Waals surface area contributed by atoms with Gasteiger partial charge in [-0.3, -0.25) is 9.78 Å². The first-order chi connectivity index (χ1) is 11.8. The number of nitrogens with zero attached hydrogens (tertiary/aromatic N) is 2. The number of rotatable bonds is 5. The van der Waals surface area contributed by atoms with Gasteiger partial charge in [0.15, 0.2) is 0 Å². The molecule has 3 aromatic rings. The largest absolute Gasteiger partial charge is 0.271 e. The third-order valence-electron chi connectivity index (χ3n) is 3.65. The van der Waals surface area contributed by atoms with E-state index in [1.54, 1.807) is 30.7 Å². The molecule has 1 amide bonds. The molecule has 1 aromatic heterocycles. The molecular formula is C20H17N3O. The normalized spacial score (nSPS) is 10.9. The molecule has 1 heterocycles. The lowest BCUT2D eigenvalue weighted by Gasteiger charge is -2.13. The van der Waals surface area contributed by atoms with Crippen LogP contribution in [0, 0.1) is 0 Å². The molecular weight excluding hydrogens is 298 g/mol. The van der Waals surface area contributed by atoms with E-state index in [-0.39, 0.29) is 11.8 Å². The third kappa shape index (κ3) is 3.93. The Bertz CT molecular complexity index is 763. The van der Waals surface area contributed by atoms with Crippen LogP contribution in [0.15, 0.2) is 90.3 Å². The number of carbonyl (C=O) groups is 1. The lowest BCUT2D eigenvalue weighted by molar-refractivity contribution is 0.0955. The minimum Gasteiger partial charge on any atom is -0.267 e. The van der Waals surface area contributed by atoms with E-state index in [4.69, 9.17) is 0 Å². The van der Waals surface area contributed by atoms with Gasteiger partial charge in [0.1, 0.15) is 0 Å². The van der Waals surface area contributed by atoms with Crippen molar-refractivity contribution < 1.29 is 4.79 Å². The van der Waals surface area contributed by atoms with Gasteiger partial charge in [-0.1, -0.05) is 60.7 Å². The Hall–Kier alpha value is -3.27. The summed E-state index contributed by atoms with van der Waals surface area (Å²) >= 11 is 0. The molecule has 0 saturated heterocycles. The number of hydrogen-bond acceptors (Lipinski definition) is 3. The minimum absolute atomic E-state index is 0.0230. The molecule has 0 fully saturated rings. The highest BCUT2D eigenvalue weighted by Crippen LogP contribution is 2.22. The van der Waals surface area contributed by atoms with Crippen LogP contribution in [0.4, 0.5) is 0 Å². The van der Waals surface area contributed by atoms with Crippen molar-refractivity contribution in [3.05, 3.63) is 102 Å². The Morgan fingerprint density at radius 1 is 0.875 bits per heavy atom. The van der Waals surface area contributed by atoms with Gasteiger partial charge in [-0.25, -0.2) is 5.43 Å². The highest BCUT2D eigenvalue weighted by molar-refractivity contribution is 5.94. The van der Waals surface area contributed by atoms with E-state index in [2.05, 4.69) is 15.5 Å². The summed E-state index contributed by atoms with van der Waals surface area (Å²) in [5, 5.41) is 4.16. The van der Waals surface area contributed by atoms with Crippen LogP contribution in [0.2, 0.25) is 0 Å². The van der Waals surface area contributed by atoms with Crippen molar-refractivity contribution in [2.24, 2.45) is 5.10 Å². The van der Waals surface area contributed by atoms with Crippen LogP contribution in [-0.4, -0.2) is 17.1 Å². The third-order valence-corrected chi connectivity index (χ3v) is 3.65. The summed E-state index contributed by atoms with van der Waals surface area (Å²) < 4.78 is 0. The standard InChI is InChI=1S/C20H17N3O/c24-20(18-11-13-21-14-12-18)23-22-15-19(16-7-3-1-4-8-16)17-9-5-2-6-10-17/h1-15,19H,(H,23,24)/b22-15+. The van der Waals surface area contributed by atoms with Crippen molar-refractivity contribution in [3.8, 4) is 0 Å². The summed E-state index contributed by atoms with van der Waals surface area (Å²) in [4.78, 5) is 15.9. The van der Waals surface area contributed by atoms with Gasteiger partial charge in [-0.05, 0) is 23.3 Å². The van der Waals surface area contributed by atoms with E-state index in [1.807, 2.05) is 60.7 Å². The average Bonchev–Trinajstić information content (AvgIpc) is 2.67. The first kappa shape index (κ1) is 15.6. The highest BCUT2D eigenvalue weighted by atomic mass is 16.2. The Morgan fingerprint density at radius 2 is 1.42 bits per heavy atom. The predicted octanol–water partition coefficient (Wildman–Crippen LogP) is 3.63. The summed E-state index contributed by atoms with van der Waals surface area (Å²) in [6, 6.07) is 23.4. The molecule has 0 atom stereocenters. The zero-order chi connectivity index (χ0) is 16.6. The predicted molar refractivity (Wildman–Crippen MR) is 94.9 cm³/mol. The van der Waals surface area contributed by atoms with Gasteiger partial charge in [0.25, 0.3) is 5.91 Å². The molecule has 0 saturated carbocycles. The topological polar surface area (TPSA) is 54.4 Å². The molecule has 4 heteroatoms. The molecule has 0 aliphatic carbocycles. The highest BCUT2D eigenvalue weighted by Gasteiger charge is 2.11. The molecule has 3 rings (SSSR count). The van der Waals surface area contributed by atoms with Crippen molar-refractivity contribution in [3.63, 3.8) is 0 Å². The molecule has 4 nitrogen and oxygen atoms in total. The van der Waals surface area contributed by atoms with Gasteiger partial charge in [0.2, 0.25) is 0 Å². The van der Waals surface area contributed by atoms with Crippen LogP contribution in [0.3, 0.4) is 0 Å². The second kappa shape index (κ2) is 7.83. The Morgan fingerprint density at radius 3 is 1.96 bits per heavy atom. The summed E-state index contributed by atoms with van der Waals surface area (Å²) in [5.74, 6) is -0.279. The fourth-order valence-electron chi connectivity index (χ4n) is 2.42. The molecule has 0 spiro atoms. The fraction of sp³-hybridized carbons (Fsp3) is 0.0500. The molecule has 0 aliphatic heterocycles. The number of aromatic nitrogens is 1. The van der Waals surface area contributed by atoms with E-state index in [0.717, 1.165) is 11.1 Å². The number of nitrogens with one attached hydrogen (secondary N) is 1. The maximum Gasteiger partial charge on any atom is 0.271 e. The molecule has 118 valence electrons. The van der Waals surface area contributed by atoms with Crippen LogP contribution < -0.4 is 5.43 Å². The first-order valence-electron chi connectivity index (χ1n) is 7.68. The second-order valence-corrected chi connectivity index (χ2v) is 5.25. The van der Waals surface area contributed by atoms with E-state index >= 15 is 0 Å². The van der Waals surface area contributed by atoms with Crippen molar-refractivity contribution in [1.29, 1.82) is 0 Å². The maximum atomic E-state index is 12.0. The summed E-state index contributed by atoms with van der Waals surface area (Å²) in [5.41, 5.74) is 5.33. The number of hydrazone groups is 1. The molecule has 0 unspecified atom stereocenters. The second-order valence-electron chi connectivity index (χ2n) is 5.25. The van der Waals surface area contributed by atoms with Crippen LogP contribution in [-0.2, 0) is 0 Å². The lowest BCUT2D eigenvalue weighted by Crippen LogP contribution is -2.18. The van der Waals surface area contributed by atoms with Gasteiger partial charge in [0.05, 0.1) is 0 Å². The van der Waals surface area contributed by atoms with Crippen molar-refractivity contribution in [1.82, 2.24) is 10.4 Å². The lowest BCUT2D eigenvalue weighted by atomic mass is 9.92. The van der Waals surface area contributed by atoms with Crippen molar-refractivity contribution in [2.45, 2.75) is 5.92 Å². The number of hydrogen-bond donors (Lipinski definition) is 1. The van der Waals surface area contributed by atoms with E-state index in [9.17, 15) is 4.79 Å². The van der Waals surface area contributed by atoms with E-state index < -0.39 is 0 Å². The monoisotopic (exact) mass is 315 g/mol. The van der Waals surface area contributed by atoms with Gasteiger partial charge >= 0.3 is 0 Å². The smallest absolute Gasteiger partial charge is 0.267 e. The van der Waals surface area contributed by atoms with Crippen molar-refractivity contribution >= 4 is 12.1 Å². The molecule has 24 heavy (non-hydrogen) atoms. The number of benzene rings is 2. The summed E-state index contributed by atoms with van der Waals surface area (Å²) in [7, 11) is 0. The summed E-state index contributed by atoms with van der Waals surface area (Å²) in [6.45, 7) is 0. The zero-order valence-corrected chi connectivity index (χ0v) is 13.0. The molecule has 0 radical (unpaired) electrons. The first-order valence-corrected chi connectivity index (χ1v) is 7.68. The van der Waals surface area contributed by atoms with Gasteiger partial charge < -0.3 is 0 Å². The van der Waals surface area contributed by atoms with E-state index in [0.29, 0.717) is 5.56 Å². The molecule has 0 bridgehead atoms. The van der Waals surface area contributed by atoms with E-state index in [1.165, 1.54) is 0 Å². The quantitative estimate of drug-likeness (QED) is 0.577. The van der Waals surface area contributed by atoms with Crippen LogP contribution in [0.1, 0.15) is 27.4 Å². The van der Waals surface area contributed by atoms with Crippen LogP contribution in [0.25, 0.3) is 0 Å². The number of carbonyl (C=O) groups excluding carboxylic acids is 1. The van der Waals surface area contributed by atoms with Crippen LogP contribution >= 0.6 is 0 Å². The fourth-order valence-corrected chi connectivity index (χ4v) is 2.42. The Kier molecular flexibility index (Phi) is 5.10. The average molecular weight is 315 g/mol. The number of amides is 1. The SMILES string of the molecule is O=C(N/N=C/C(c1ccccc1)c1ccccc1)c1ccncc1. The Labute approximate surface area is 140 Å². The summed E-state index contributed by atoms with van der Waals surface area (Å²) in [6.07, 6.45) is 4.91. The molecule has 2 aromatic carbocycles. The van der Waals surface area contributed by atoms with Gasteiger partial charge in [-0.15, -0.1) is 0 Å². The Balaban J connectivity index is 1.79. The maximum absolute atomic E-state index is 12.0. The van der Waals surface area contributed by atoms with Crippen molar-refractivity contribution in [2.75, 3.05) is 0 Å². The van der Waals surface area contributed by atoms with Gasteiger partial charge in [0, 0.05) is 30.1 Å². The molecule has 1 N–H and O–H groups in total.